The molecule has 0 amide bonds. The molecule has 4 N–H and O–H groups in total. The van der Waals surface area contributed by atoms with E-state index in [1.807, 2.05) is 0 Å². The molecule has 1 atom stereocenters. The van der Waals surface area contributed by atoms with Crippen molar-refractivity contribution in [3.05, 3.63) is 47.0 Å². The number of cyclic esters (lactones) is 1. The third-order valence-corrected chi connectivity index (χ3v) is 3.49. The summed E-state index contributed by atoms with van der Waals surface area (Å²) in [6, 6.07) is 6.70. The van der Waals surface area contributed by atoms with Crippen LogP contribution >= 0.6 is 0 Å². The van der Waals surface area contributed by atoms with Gasteiger partial charge in [0, 0.05) is 12.0 Å². The fraction of sp³-hybridized carbons (Fsp3) is 0.133. The summed E-state index contributed by atoms with van der Waals surface area (Å²) >= 11 is 0. The van der Waals surface area contributed by atoms with Gasteiger partial charge in [0.05, 0.1) is 5.56 Å². The first-order valence-electron chi connectivity index (χ1n) is 6.24. The Labute approximate surface area is 119 Å². The van der Waals surface area contributed by atoms with Crippen LogP contribution in [0.1, 0.15) is 27.6 Å². The number of phenolic OH excluding ortho intramolecular Hbond substituents is 4. The molecule has 2 aromatic rings. The number of benzene rings is 2. The van der Waals surface area contributed by atoms with Gasteiger partial charge >= 0.3 is 5.97 Å². The second-order valence-electron chi connectivity index (χ2n) is 4.81. The van der Waals surface area contributed by atoms with Crippen molar-refractivity contribution in [1.29, 1.82) is 0 Å². The van der Waals surface area contributed by atoms with E-state index in [-0.39, 0.29) is 35.0 Å². The molecule has 1 aliphatic rings. The minimum absolute atomic E-state index is 0.158. The Morgan fingerprint density at radius 3 is 2.38 bits per heavy atom. The Bertz CT molecular complexity index is 737. The molecule has 0 aliphatic carbocycles. The van der Waals surface area contributed by atoms with E-state index in [2.05, 4.69) is 0 Å². The van der Waals surface area contributed by atoms with Crippen molar-refractivity contribution in [2.24, 2.45) is 0 Å². The van der Waals surface area contributed by atoms with Crippen LogP contribution in [0.5, 0.6) is 23.0 Å². The third-order valence-electron chi connectivity index (χ3n) is 3.49. The molecule has 0 bridgehead atoms. The van der Waals surface area contributed by atoms with Gasteiger partial charge in [0.25, 0.3) is 0 Å². The summed E-state index contributed by atoms with van der Waals surface area (Å²) in [4.78, 5) is 12.0. The maximum absolute atomic E-state index is 12.0. The molecule has 3 rings (SSSR count). The van der Waals surface area contributed by atoms with Gasteiger partial charge in [-0.15, -0.1) is 0 Å². The Balaban J connectivity index is 2.03. The third kappa shape index (κ3) is 2.10. The SMILES string of the molecule is O=C1O[C@@H](c2ccc(O)c(O)c2)Cc2c1ccc(O)c2O. The molecule has 21 heavy (non-hydrogen) atoms. The number of carbonyl (C=O) groups is 1. The van der Waals surface area contributed by atoms with E-state index < -0.39 is 12.1 Å². The van der Waals surface area contributed by atoms with Gasteiger partial charge in [-0.2, -0.15) is 0 Å². The lowest BCUT2D eigenvalue weighted by Crippen LogP contribution is -2.21. The van der Waals surface area contributed by atoms with E-state index in [4.69, 9.17) is 4.74 Å². The van der Waals surface area contributed by atoms with Crippen LogP contribution < -0.4 is 0 Å². The Morgan fingerprint density at radius 2 is 1.67 bits per heavy atom. The molecule has 2 aromatic carbocycles. The summed E-state index contributed by atoms with van der Waals surface area (Å²) in [7, 11) is 0. The van der Waals surface area contributed by atoms with Crippen LogP contribution in [0.2, 0.25) is 0 Å². The second kappa shape index (κ2) is 4.59. The van der Waals surface area contributed by atoms with Crippen LogP contribution in [0.3, 0.4) is 0 Å². The van der Waals surface area contributed by atoms with Crippen LogP contribution in [0.15, 0.2) is 30.3 Å². The van der Waals surface area contributed by atoms with E-state index in [1.165, 1.54) is 30.3 Å². The Kier molecular flexibility index (Phi) is 2.86. The summed E-state index contributed by atoms with van der Waals surface area (Å²) < 4.78 is 5.26. The molecule has 6 nitrogen and oxygen atoms in total. The van der Waals surface area contributed by atoms with Crippen molar-refractivity contribution >= 4 is 5.97 Å². The predicted octanol–water partition coefficient (Wildman–Crippen LogP) is 1.96. The number of rotatable bonds is 1. The number of phenols is 4. The van der Waals surface area contributed by atoms with Crippen molar-refractivity contribution in [2.75, 3.05) is 0 Å². The first kappa shape index (κ1) is 13.1. The lowest BCUT2D eigenvalue weighted by molar-refractivity contribution is 0.0248. The standard InChI is InChI=1S/C15H12O6/c16-10-3-1-7(5-12(10)18)13-6-9-8(15(20)21-13)2-4-11(17)14(9)19/h1-5,13,16-19H,6H2/t13-/m1/s1. The first-order chi connectivity index (χ1) is 9.97. The largest absolute Gasteiger partial charge is 0.504 e. The van der Waals surface area contributed by atoms with Gasteiger partial charge in [0.2, 0.25) is 0 Å². The molecular formula is C15H12O6. The van der Waals surface area contributed by atoms with Gasteiger partial charge in [-0.05, 0) is 29.8 Å². The number of aromatic hydroxyl groups is 4. The number of hydrogen-bond donors (Lipinski definition) is 4. The van der Waals surface area contributed by atoms with Crippen LogP contribution in [0, 0.1) is 0 Å². The van der Waals surface area contributed by atoms with Crippen molar-refractivity contribution in [3.8, 4) is 23.0 Å². The lowest BCUT2D eigenvalue weighted by atomic mass is 9.93. The fourth-order valence-corrected chi connectivity index (χ4v) is 2.37. The molecule has 1 heterocycles. The van der Waals surface area contributed by atoms with Crippen LogP contribution in [-0.2, 0) is 11.2 Å². The zero-order valence-corrected chi connectivity index (χ0v) is 10.8. The zero-order chi connectivity index (χ0) is 15.1. The topological polar surface area (TPSA) is 107 Å². The molecule has 0 saturated carbocycles. The van der Waals surface area contributed by atoms with E-state index in [0.29, 0.717) is 11.1 Å². The fourth-order valence-electron chi connectivity index (χ4n) is 2.37. The summed E-state index contributed by atoms with van der Waals surface area (Å²) in [5, 5.41) is 38.2. The molecule has 1 aliphatic heterocycles. The highest BCUT2D eigenvalue weighted by atomic mass is 16.5. The van der Waals surface area contributed by atoms with Crippen molar-refractivity contribution in [1.82, 2.24) is 0 Å². The molecule has 0 fully saturated rings. The summed E-state index contributed by atoms with van der Waals surface area (Å²) in [6.07, 6.45) is -0.560. The number of ether oxygens (including phenoxy) is 1. The van der Waals surface area contributed by atoms with Gasteiger partial charge in [-0.1, -0.05) is 6.07 Å². The highest BCUT2D eigenvalue weighted by Gasteiger charge is 2.31. The van der Waals surface area contributed by atoms with E-state index in [9.17, 15) is 25.2 Å². The van der Waals surface area contributed by atoms with E-state index in [1.54, 1.807) is 0 Å². The molecule has 0 spiro atoms. The van der Waals surface area contributed by atoms with Crippen LogP contribution in [-0.4, -0.2) is 26.4 Å². The first-order valence-corrected chi connectivity index (χ1v) is 6.24. The minimum atomic E-state index is -0.718. The summed E-state index contributed by atoms with van der Waals surface area (Å²) in [5.41, 5.74) is 0.973. The highest BCUT2D eigenvalue weighted by Crippen LogP contribution is 2.40. The average Bonchev–Trinajstić information content (AvgIpc) is 2.46. The predicted molar refractivity (Wildman–Crippen MR) is 71.4 cm³/mol. The van der Waals surface area contributed by atoms with Crippen molar-refractivity contribution in [2.45, 2.75) is 12.5 Å². The number of carbonyl (C=O) groups excluding carboxylic acids is 1. The molecule has 0 aromatic heterocycles. The van der Waals surface area contributed by atoms with Gasteiger partial charge < -0.3 is 25.2 Å². The summed E-state index contributed by atoms with van der Waals surface area (Å²) in [6.45, 7) is 0. The maximum Gasteiger partial charge on any atom is 0.339 e. The molecule has 0 saturated heterocycles. The Hall–Kier alpha value is -2.89. The van der Waals surface area contributed by atoms with Crippen molar-refractivity contribution < 1.29 is 30.0 Å². The zero-order valence-electron chi connectivity index (χ0n) is 10.8. The monoisotopic (exact) mass is 288 g/mol. The average molecular weight is 288 g/mol. The summed E-state index contributed by atoms with van der Waals surface area (Å²) in [5.74, 6) is -1.88. The molecular weight excluding hydrogens is 276 g/mol. The van der Waals surface area contributed by atoms with Crippen LogP contribution in [0.4, 0.5) is 0 Å². The van der Waals surface area contributed by atoms with Gasteiger partial charge in [0.15, 0.2) is 23.0 Å². The lowest BCUT2D eigenvalue weighted by Gasteiger charge is -2.25. The second-order valence-corrected chi connectivity index (χ2v) is 4.81. The smallest absolute Gasteiger partial charge is 0.339 e. The maximum atomic E-state index is 12.0. The van der Waals surface area contributed by atoms with Gasteiger partial charge in [-0.25, -0.2) is 4.79 Å². The minimum Gasteiger partial charge on any atom is -0.504 e. The van der Waals surface area contributed by atoms with Crippen molar-refractivity contribution in [3.63, 3.8) is 0 Å². The number of fused-ring (bicyclic) bond motifs is 1. The quantitative estimate of drug-likeness (QED) is 0.472. The van der Waals surface area contributed by atoms with E-state index >= 15 is 0 Å². The number of hydrogen-bond acceptors (Lipinski definition) is 6. The number of esters is 1. The van der Waals surface area contributed by atoms with E-state index in [0.717, 1.165) is 0 Å². The Morgan fingerprint density at radius 1 is 0.952 bits per heavy atom. The molecule has 0 radical (unpaired) electrons. The van der Waals surface area contributed by atoms with Gasteiger partial charge in [0.1, 0.15) is 6.10 Å². The highest BCUT2D eigenvalue weighted by molar-refractivity contribution is 5.93. The molecule has 0 unspecified atom stereocenters. The molecule has 108 valence electrons. The van der Waals surface area contributed by atoms with Gasteiger partial charge in [-0.3, -0.25) is 0 Å². The molecule has 6 heteroatoms. The van der Waals surface area contributed by atoms with Crippen LogP contribution in [0.25, 0.3) is 0 Å². The normalized spacial score (nSPS) is 17.1.